The van der Waals surface area contributed by atoms with Gasteiger partial charge >= 0.3 is 0 Å². The number of anilines is 1. The van der Waals surface area contributed by atoms with Crippen molar-refractivity contribution < 1.29 is 13.2 Å². The van der Waals surface area contributed by atoms with Gasteiger partial charge in [-0.25, -0.2) is 13.1 Å². The van der Waals surface area contributed by atoms with Crippen LogP contribution in [0.3, 0.4) is 0 Å². The molecule has 0 fully saturated rings. The molecule has 0 saturated carbocycles. The first-order chi connectivity index (χ1) is 11.4. The summed E-state index contributed by atoms with van der Waals surface area (Å²) in [6.07, 6.45) is 2.05. The van der Waals surface area contributed by atoms with Gasteiger partial charge in [-0.1, -0.05) is 31.2 Å². The molecular formula is C18H22N2O3S. The third kappa shape index (κ3) is 4.91. The molecule has 2 N–H and O–H groups in total. The predicted octanol–water partition coefficient (Wildman–Crippen LogP) is 2.73. The van der Waals surface area contributed by atoms with Gasteiger partial charge in [0.2, 0.25) is 15.9 Å². The average molecular weight is 346 g/mol. The van der Waals surface area contributed by atoms with E-state index in [1.165, 1.54) is 24.7 Å². The lowest BCUT2D eigenvalue weighted by Gasteiger charge is -2.07. The molecule has 2 aromatic carbocycles. The van der Waals surface area contributed by atoms with Crippen molar-refractivity contribution in [2.75, 3.05) is 12.4 Å². The van der Waals surface area contributed by atoms with Crippen molar-refractivity contribution in [3.05, 3.63) is 59.7 Å². The van der Waals surface area contributed by atoms with Crippen LogP contribution in [0.4, 0.5) is 5.69 Å². The summed E-state index contributed by atoms with van der Waals surface area (Å²) in [5, 5.41) is 2.78. The van der Waals surface area contributed by atoms with Crippen LogP contribution >= 0.6 is 0 Å². The molecule has 2 aromatic rings. The zero-order valence-electron chi connectivity index (χ0n) is 13.9. The van der Waals surface area contributed by atoms with Gasteiger partial charge in [-0.05, 0) is 55.3 Å². The van der Waals surface area contributed by atoms with E-state index in [1.807, 2.05) is 12.1 Å². The van der Waals surface area contributed by atoms with Crippen molar-refractivity contribution in [1.82, 2.24) is 4.72 Å². The number of amides is 1. The molecule has 2 rings (SSSR count). The van der Waals surface area contributed by atoms with Crippen LogP contribution in [0.15, 0.2) is 53.4 Å². The van der Waals surface area contributed by atoms with E-state index in [0.29, 0.717) is 18.5 Å². The first-order valence-corrected chi connectivity index (χ1v) is 9.34. The number of carbonyl (C=O) groups excluding carboxylic acids is 1. The Kier molecular flexibility index (Phi) is 6.11. The molecule has 0 bridgehead atoms. The molecule has 0 aromatic heterocycles. The van der Waals surface area contributed by atoms with Crippen molar-refractivity contribution in [2.45, 2.75) is 31.1 Å². The van der Waals surface area contributed by atoms with Crippen LogP contribution in [-0.2, 0) is 27.7 Å². The molecule has 0 aliphatic rings. The normalized spacial score (nSPS) is 11.2. The molecule has 0 spiro atoms. The maximum absolute atomic E-state index is 12.0. The molecule has 24 heavy (non-hydrogen) atoms. The van der Waals surface area contributed by atoms with E-state index in [1.54, 1.807) is 12.1 Å². The molecule has 128 valence electrons. The minimum absolute atomic E-state index is 0.0983. The lowest BCUT2D eigenvalue weighted by Crippen LogP contribution is -2.18. The highest BCUT2D eigenvalue weighted by Gasteiger charge is 2.11. The van der Waals surface area contributed by atoms with E-state index in [9.17, 15) is 13.2 Å². The standard InChI is InChI=1S/C18H22N2O3S/c1-3-14-4-6-15(7-5-14)8-13-18(21)20-16-9-11-17(12-10-16)24(22,23)19-2/h4-7,9-12,19H,3,8,13H2,1-2H3,(H,20,21). The largest absolute Gasteiger partial charge is 0.326 e. The molecule has 0 aliphatic carbocycles. The van der Waals surface area contributed by atoms with Crippen molar-refractivity contribution in [1.29, 1.82) is 0 Å². The Balaban J connectivity index is 1.90. The summed E-state index contributed by atoms with van der Waals surface area (Å²) in [7, 11) is -2.10. The highest BCUT2D eigenvalue weighted by Crippen LogP contribution is 2.14. The number of aryl methyl sites for hydroxylation is 2. The fraction of sp³-hybridized carbons (Fsp3) is 0.278. The van der Waals surface area contributed by atoms with Crippen molar-refractivity contribution >= 4 is 21.6 Å². The third-order valence-corrected chi connectivity index (χ3v) is 5.22. The first kappa shape index (κ1) is 18.2. The second-order valence-electron chi connectivity index (χ2n) is 5.45. The maximum Gasteiger partial charge on any atom is 0.240 e. The Labute approximate surface area is 143 Å². The number of hydrogen-bond acceptors (Lipinski definition) is 3. The second-order valence-corrected chi connectivity index (χ2v) is 7.34. The van der Waals surface area contributed by atoms with Crippen LogP contribution in [0, 0.1) is 0 Å². The van der Waals surface area contributed by atoms with Crippen LogP contribution in [0.5, 0.6) is 0 Å². The average Bonchev–Trinajstić information content (AvgIpc) is 2.61. The number of rotatable bonds is 7. The molecule has 0 unspecified atom stereocenters. The van der Waals surface area contributed by atoms with Gasteiger partial charge in [0.15, 0.2) is 0 Å². The fourth-order valence-electron chi connectivity index (χ4n) is 2.26. The van der Waals surface area contributed by atoms with Crippen molar-refractivity contribution in [2.24, 2.45) is 0 Å². The molecule has 6 heteroatoms. The van der Waals surface area contributed by atoms with E-state index in [4.69, 9.17) is 0 Å². The van der Waals surface area contributed by atoms with Gasteiger partial charge in [0.1, 0.15) is 0 Å². The summed E-state index contributed by atoms with van der Waals surface area (Å²) in [6.45, 7) is 2.11. The second kappa shape index (κ2) is 8.08. The lowest BCUT2D eigenvalue weighted by molar-refractivity contribution is -0.116. The number of carbonyl (C=O) groups is 1. The minimum atomic E-state index is -3.46. The maximum atomic E-state index is 12.0. The van der Waals surface area contributed by atoms with Crippen LogP contribution in [0.1, 0.15) is 24.5 Å². The Morgan fingerprint density at radius 2 is 1.54 bits per heavy atom. The molecule has 0 heterocycles. The molecule has 1 amide bonds. The Bertz CT molecular complexity index is 782. The first-order valence-electron chi connectivity index (χ1n) is 7.86. The summed E-state index contributed by atoms with van der Waals surface area (Å²) in [5.41, 5.74) is 2.98. The van der Waals surface area contributed by atoms with Gasteiger partial charge in [0.05, 0.1) is 4.90 Å². The predicted molar refractivity (Wildman–Crippen MR) is 95.5 cm³/mol. The quantitative estimate of drug-likeness (QED) is 0.809. The SMILES string of the molecule is CCc1ccc(CCC(=O)Nc2ccc(S(=O)(=O)NC)cc2)cc1. The number of benzene rings is 2. The topological polar surface area (TPSA) is 75.3 Å². The molecule has 0 saturated heterocycles. The summed E-state index contributed by atoms with van der Waals surface area (Å²) < 4.78 is 25.5. The summed E-state index contributed by atoms with van der Waals surface area (Å²) in [4.78, 5) is 12.2. The van der Waals surface area contributed by atoms with E-state index < -0.39 is 10.0 Å². The van der Waals surface area contributed by atoms with E-state index in [0.717, 1.165) is 12.0 Å². The van der Waals surface area contributed by atoms with Gasteiger partial charge in [0.25, 0.3) is 0 Å². The van der Waals surface area contributed by atoms with E-state index >= 15 is 0 Å². The van der Waals surface area contributed by atoms with E-state index in [2.05, 4.69) is 29.1 Å². The highest BCUT2D eigenvalue weighted by atomic mass is 32.2. The van der Waals surface area contributed by atoms with Crippen LogP contribution in [0.25, 0.3) is 0 Å². The van der Waals surface area contributed by atoms with Crippen LogP contribution in [-0.4, -0.2) is 21.4 Å². The smallest absolute Gasteiger partial charge is 0.240 e. The van der Waals surface area contributed by atoms with Gasteiger partial charge in [0, 0.05) is 12.1 Å². The highest BCUT2D eigenvalue weighted by molar-refractivity contribution is 7.89. The summed E-state index contributed by atoms with van der Waals surface area (Å²) in [5.74, 6) is -0.0983. The monoisotopic (exact) mass is 346 g/mol. The molecule has 0 radical (unpaired) electrons. The Morgan fingerprint density at radius 1 is 0.958 bits per heavy atom. The summed E-state index contributed by atoms with van der Waals surface area (Å²) in [6, 6.07) is 14.3. The van der Waals surface area contributed by atoms with Gasteiger partial charge in [-0.15, -0.1) is 0 Å². The molecule has 5 nitrogen and oxygen atoms in total. The number of nitrogens with one attached hydrogen (secondary N) is 2. The van der Waals surface area contributed by atoms with Crippen molar-refractivity contribution in [3.63, 3.8) is 0 Å². The fourth-order valence-corrected chi connectivity index (χ4v) is 2.99. The minimum Gasteiger partial charge on any atom is -0.326 e. The molecular weight excluding hydrogens is 324 g/mol. The van der Waals surface area contributed by atoms with E-state index in [-0.39, 0.29) is 10.8 Å². The Morgan fingerprint density at radius 3 is 2.08 bits per heavy atom. The van der Waals surface area contributed by atoms with Crippen molar-refractivity contribution in [3.8, 4) is 0 Å². The third-order valence-electron chi connectivity index (χ3n) is 3.79. The van der Waals surface area contributed by atoms with Gasteiger partial charge in [-0.3, -0.25) is 4.79 Å². The van der Waals surface area contributed by atoms with Gasteiger partial charge < -0.3 is 5.32 Å². The Hall–Kier alpha value is -2.18. The van der Waals surface area contributed by atoms with Gasteiger partial charge in [-0.2, -0.15) is 0 Å². The zero-order chi connectivity index (χ0) is 17.6. The zero-order valence-corrected chi connectivity index (χ0v) is 14.7. The molecule has 0 atom stereocenters. The summed E-state index contributed by atoms with van der Waals surface area (Å²) >= 11 is 0. The lowest BCUT2D eigenvalue weighted by atomic mass is 10.1. The number of hydrogen-bond donors (Lipinski definition) is 2. The van der Waals surface area contributed by atoms with Crippen LogP contribution < -0.4 is 10.0 Å². The molecule has 0 aliphatic heterocycles. The van der Waals surface area contributed by atoms with Crippen LogP contribution in [0.2, 0.25) is 0 Å². The number of sulfonamides is 1.